The van der Waals surface area contributed by atoms with Gasteiger partial charge in [-0.1, -0.05) is 48.8 Å². The van der Waals surface area contributed by atoms with E-state index in [1.54, 1.807) is 0 Å². The SMILES string of the molecule is CC(C)(C)c1nnc(Cl)n1Cc1cccc(Br)c1. The van der Waals surface area contributed by atoms with Gasteiger partial charge in [0.15, 0.2) is 0 Å². The molecule has 2 aromatic rings. The van der Waals surface area contributed by atoms with Gasteiger partial charge >= 0.3 is 0 Å². The summed E-state index contributed by atoms with van der Waals surface area (Å²) in [5.41, 5.74) is 1.09. The average molecular weight is 329 g/mol. The first-order valence-electron chi connectivity index (χ1n) is 5.71. The Labute approximate surface area is 120 Å². The predicted octanol–water partition coefficient (Wildman–Crippen LogP) is 4.04. The van der Waals surface area contributed by atoms with Crippen LogP contribution in [0.4, 0.5) is 0 Å². The third-order valence-electron chi connectivity index (χ3n) is 2.61. The molecule has 0 amide bonds. The molecule has 0 radical (unpaired) electrons. The van der Waals surface area contributed by atoms with Gasteiger partial charge in [-0.3, -0.25) is 4.57 Å². The minimum atomic E-state index is -0.0772. The Morgan fingerprint density at radius 2 is 2.00 bits per heavy atom. The molecule has 0 fully saturated rings. The second kappa shape index (κ2) is 5.02. The molecule has 18 heavy (non-hydrogen) atoms. The van der Waals surface area contributed by atoms with Gasteiger partial charge in [0.25, 0.3) is 0 Å². The minimum absolute atomic E-state index is 0.0772. The number of halogens is 2. The normalized spacial score (nSPS) is 11.8. The molecule has 0 aliphatic heterocycles. The molecule has 5 heteroatoms. The molecule has 96 valence electrons. The molecule has 1 aromatic heterocycles. The summed E-state index contributed by atoms with van der Waals surface area (Å²) in [7, 11) is 0. The molecule has 1 aromatic carbocycles. The molecule has 0 aliphatic carbocycles. The Morgan fingerprint density at radius 1 is 1.28 bits per heavy atom. The average Bonchev–Trinajstić information content (AvgIpc) is 2.60. The van der Waals surface area contributed by atoms with Gasteiger partial charge in [0.2, 0.25) is 5.28 Å². The van der Waals surface area contributed by atoms with Crippen LogP contribution in [0.1, 0.15) is 32.2 Å². The van der Waals surface area contributed by atoms with E-state index in [0.717, 1.165) is 15.9 Å². The number of hydrogen-bond donors (Lipinski definition) is 0. The van der Waals surface area contributed by atoms with E-state index in [4.69, 9.17) is 11.6 Å². The van der Waals surface area contributed by atoms with Crippen LogP contribution >= 0.6 is 27.5 Å². The lowest BCUT2D eigenvalue weighted by molar-refractivity contribution is 0.510. The highest BCUT2D eigenvalue weighted by atomic mass is 79.9. The maximum atomic E-state index is 6.12. The highest BCUT2D eigenvalue weighted by molar-refractivity contribution is 9.10. The summed E-state index contributed by atoms with van der Waals surface area (Å²) in [5.74, 6) is 0.896. The van der Waals surface area contributed by atoms with E-state index in [2.05, 4.69) is 59.0 Å². The molecule has 0 N–H and O–H groups in total. The van der Waals surface area contributed by atoms with Crippen LogP contribution in [-0.4, -0.2) is 14.8 Å². The second-order valence-corrected chi connectivity index (χ2v) is 6.51. The quantitative estimate of drug-likeness (QED) is 0.833. The summed E-state index contributed by atoms with van der Waals surface area (Å²) < 4.78 is 3.00. The third kappa shape index (κ3) is 2.93. The van der Waals surface area contributed by atoms with Crippen LogP contribution in [-0.2, 0) is 12.0 Å². The van der Waals surface area contributed by atoms with Crippen molar-refractivity contribution >= 4 is 27.5 Å². The molecule has 0 aliphatic rings. The zero-order valence-corrected chi connectivity index (χ0v) is 13.0. The van der Waals surface area contributed by atoms with Crippen molar-refractivity contribution in [2.45, 2.75) is 32.7 Å². The largest absolute Gasteiger partial charge is 0.297 e. The molecule has 0 atom stereocenters. The predicted molar refractivity (Wildman–Crippen MR) is 77.0 cm³/mol. The van der Waals surface area contributed by atoms with E-state index in [-0.39, 0.29) is 5.41 Å². The van der Waals surface area contributed by atoms with Gasteiger partial charge in [0.1, 0.15) is 5.82 Å². The van der Waals surface area contributed by atoms with E-state index in [9.17, 15) is 0 Å². The Hall–Kier alpha value is -0.870. The molecule has 0 unspecified atom stereocenters. The van der Waals surface area contributed by atoms with Gasteiger partial charge < -0.3 is 0 Å². The van der Waals surface area contributed by atoms with E-state index in [0.29, 0.717) is 11.8 Å². The van der Waals surface area contributed by atoms with Crippen molar-refractivity contribution in [3.63, 3.8) is 0 Å². The zero-order chi connectivity index (χ0) is 13.3. The summed E-state index contributed by atoms with van der Waals surface area (Å²) >= 11 is 9.59. The number of benzene rings is 1. The van der Waals surface area contributed by atoms with Gasteiger partial charge in [0, 0.05) is 9.89 Å². The fourth-order valence-corrected chi connectivity index (χ4v) is 2.42. The molecule has 0 bridgehead atoms. The molecular formula is C13H15BrClN3. The van der Waals surface area contributed by atoms with Crippen LogP contribution < -0.4 is 0 Å². The topological polar surface area (TPSA) is 30.7 Å². The summed E-state index contributed by atoms with van der Waals surface area (Å²) in [6, 6.07) is 8.15. The number of aromatic nitrogens is 3. The number of nitrogens with zero attached hydrogens (tertiary/aromatic N) is 3. The van der Waals surface area contributed by atoms with Crippen molar-refractivity contribution in [3.8, 4) is 0 Å². The van der Waals surface area contributed by atoms with Crippen molar-refractivity contribution < 1.29 is 0 Å². The van der Waals surface area contributed by atoms with Crippen LogP contribution in [0.2, 0.25) is 5.28 Å². The van der Waals surface area contributed by atoms with Crippen molar-refractivity contribution in [1.82, 2.24) is 14.8 Å². The Bertz CT molecular complexity index is 558. The lowest BCUT2D eigenvalue weighted by Gasteiger charge is -2.19. The second-order valence-electron chi connectivity index (χ2n) is 5.26. The van der Waals surface area contributed by atoms with E-state index >= 15 is 0 Å². The molecule has 0 saturated heterocycles. The number of rotatable bonds is 2. The molecule has 3 nitrogen and oxygen atoms in total. The van der Waals surface area contributed by atoms with Crippen LogP contribution in [0.3, 0.4) is 0 Å². The van der Waals surface area contributed by atoms with Crippen molar-refractivity contribution in [1.29, 1.82) is 0 Å². The van der Waals surface area contributed by atoms with E-state index in [1.165, 1.54) is 0 Å². The standard InChI is InChI=1S/C13H15BrClN3/c1-13(2,3)11-16-17-12(15)18(11)8-9-5-4-6-10(14)7-9/h4-7H,8H2,1-3H3. The maximum Gasteiger partial charge on any atom is 0.225 e. The molecule has 0 spiro atoms. The van der Waals surface area contributed by atoms with Crippen molar-refractivity contribution in [2.75, 3.05) is 0 Å². The third-order valence-corrected chi connectivity index (χ3v) is 3.38. The van der Waals surface area contributed by atoms with Gasteiger partial charge in [-0.25, -0.2) is 0 Å². The first kappa shape index (κ1) is 13.6. The maximum absolute atomic E-state index is 6.12. The summed E-state index contributed by atoms with van der Waals surface area (Å²) in [6.45, 7) is 6.98. The Morgan fingerprint density at radius 3 is 2.61 bits per heavy atom. The molecule has 0 saturated carbocycles. The van der Waals surface area contributed by atoms with E-state index < -0.39 is 0 Å². The van der Waals surface area contributed by atoms with Crippen LogP contribution in [0.5, 0.6) is 0 Å². The minimum Gasteiger partial charge on any atom is -0.297 e. The van der Waals surface area contributed by atoms with E-state index in [1.807, 2.05) is 16.7 Å². The van der Waals surface area contributed by atoms with Crippen molar-refractivity contribution in [3.05, 3.63) is 45.4 Å². The fraction of sp³-hybridized carbons (Fsp3) is 0.385. The van der Waals surface area contributed by atoms with Crippen LogP contribution in [0, 0.1) is 0 Å². The molecular weight excluding hydrogens is 314 g/mol. The highest BCUT2D eigenvalue weighted by Gasteiger charge is 2.23. The Kier molecular flexibility index (Phi) is 3.78. The lowest BCUT2D eigenvalue weighted by atomic mass is 9.95. The zero-order valence-electron chi connectivity index (χ0n) is 10.6. The first-order chi connectivity index (χ1) is 8.38. The smallest absolute Gasteiger partial charge is 0.225 e. The first-order valence-corrected chi connectivity index (χ1v) is 6.88. The molecule has 1 heterocycles. The summed E-state index contributed by atoms with van der Waals surface area (Å²) in [5, 5.41) is 8.57. The molecule has 2 rings (SSSR count). The van der Waals surface area contributed by atoms with Gasteiger partial charge in [0.05, 0.1) is 6.54 Å². The lowest BCUT2D eigenvalue weighted by Crippen LogP contribution is -2.19. The van der Waals surface area contributed by atoms with Gasteiger partial charge in [-0.2, -0.15) is 0 Å². The van der Waals surface area contributed by atoms with Gasteiger partial charge in [-0.15, -0.1) is 10.2 Å². The fourth-order valence-electron chi connectivity index (χ4n) is 1.80. The van der Waals surface area contributed by atoms with Crippen LogP contribution in [0.25, 0.3) is 0 Å². The highest BCUT2D eigenvalue weighted by Crippen LogP contribution is 2.24. The summed E-state index contributed by atoms with van der Waals surface area (Å²) in [6.07, 6.45) is 0. The monoisotopic (exact) mass is 327 g/mol. The number of hydrogen-bond acceptors (Lipinski definition) is 2. The Balaban J connectivity index is 2.37. The summed E-state index contributed by atoms with van der Waals surface area (Å²) in [4.78, 5) is 0. The van der Waals surface area contributed by atoms with Gasteiger partial charge in [-0.05, 0) is 29.3 Å². The van der Waals surface area contributed by atoms with Crippen LogP contribution in [0.15, 0.2) is 28.7 Å². The van der Waals surface area contributed by atoms with Crippen molar-refractivity contribution in [2.24, 2.45) is 0 Å².